The van der Waals surface area contributed by atoms with Crippen LogP contribution in [0.4, 0.5) is 0 Å². The van der Waals surface area contributed by atoms with Crippen LogP contribution in [0.1, 0.15) is 13.8 Å². The number of carbonyl (C=O) groups is 2. The molecule has 0 N–H and O–H groups in total. The van der Waals surface area contributed by atoms with Gasteiger partial charge in [0.05, 0.1) is 12.7 Å². The molecule has 0 amide bonds. The number of allylic oxidation sites excluding steroid dienone is 3. The first-order valence-corrected chi connectivity index (χ1v) is 4.74. The van der Waals surface area contributed by atoms with E-state index in [0.29, 0.717) is 0 Å². The third-order valence-corrected chi connectivity index (χ3v) is 1.40. The summed E-state index contributed by atoms with van der Waals surface area (Å²) in [6.45, 7) is 6.69. The van der Waals surface area contributed by atoms with Gasteiger partial charge in [-0.1, -0.05) is 24.8 Å². The molecule has 0 unspecified atom stereocenters. The lowest BCUT2D eigenvalue weighted by Gasteiger charge is -1.92. The molecule has 0 radical (unpaired) electrons. The number of thiol groups is 1. The van der Waals surface area contributed by atoms with Crippen LogP contribution in [0.15, 0.2) is 36.5 Å². The number of hydrogen-bond donors (Lipinski definition) is 1. The molecule has 0 fully saturated rings. The maximum absolute atomic E-state index is 10.6. The molecule has 0 heterocycles. The van der Waals surface area contributed by atoms with E-state index in [1.807, 2.05) is 13.0 Å². The fourth-order valence-electron chi connectivity index (χ4n) is 0.409. The van der Waals surface area contributed by atoms with Gasteiger partial charge in [-0.25, -0.2) is 4.79 Å². The summed E-state index contributed by atoms with van der Waals surface area (Å²) < 4.78 is 8.23. The Bertz CT molecular complexity index is 292. The van der Waals surface area contributed by atoms with Crippen molar-refractivity contribution in [3.8, 4) is 0 Å². The van der Waals surface area contributed by atoms with E-state index in [1.54, 1.807) is 18.2 Å². The molecule has 0 aliphatic heterocycles. The molecule has 0 aromatic heterocycles. The van der Waals surface area contributed by atoms with Gasteiger partial charge in [0.2, 0.25) is 0 Å². The monoisotopic (exact) mass is 244 g/mol. The number of ether oxygens (including phenoxy) is 1. The molecule has 16 heavy (non-hydrogen) atoms. The van der Waals surface area contributed by atoms with E-state index in [1.165, 1.54) is 14.0 Å². The molecule has 0 rings (SSSR count). The molecule has 0 bridgehead atoms. The highest BCUT2D eigenvalue weighted by Gasteiger charge is 2.00. The number of methoxy groups -OCH3 is 1. The van der Waals surface area contributed by atoms with Gasteiger partial charge < -0.3 is 8.92 Å². The lowest BCUT2D eigenvalue weighted by Crippen LogP contribution is -1.96. The summed E-state index contributed by atoms with van der Waals surface area (Å²) in [6.07, 6.45) is 6.89. The molecule has 0 spiro atoms. The lowest BCUT2D eigenvalue weighted by molar-refractivity contribution is -0.138. The molecular weight excluding hydrogens is 228 g/mol. The average molecular weight is 244 g/mol. The van der Waals surface area contributed by atoms with Crippen LogP contribution in [0.2, 0.25) is 0 Å². The van der Waals surface area contributed by atoms with E-state index in [4.69, 9.17) is 0 Å². The van der Waals surface area contributed by atoms with Gasteiger partial charge in [0.15, 0.2) is 0 Å². The van der Waals surface area contributed by atoms with Gasteiger partial charge in [-0.15, -0.1) is 0 Å². The molecule has 90 valence electrons. The van der Waals surface area contributed by atoms with Crippen LogP contribution in [0.3, 0.4) is 0 Å². The van der Waals surface area contributed by atoms with Gasteiger partial charge in [-0.3, -0.25) is 4.79 Å². The van der Waals surface area contributed by atoms with Crippen molar-refractivity contribution >= 4 is 24.8 Å². The van der Waals surface area contributed by atoms with Gasteiger partial charge >= 0.3 is 11.9 Å². The van der Waals surface area contributed by atoms with Crippen molar-refractivity contribution < 1.29 is 18.5 Å². The van der Waals surface area contributed by atoms with Crippen LogP contribution in [-0.2, 0) is 18.5 Å². The Labute approximate surface area is 101 Å². The minimum atomic E-state index is -0.533. The molecule has 0 aliphatic rings. The molecule has 0 aromatic carbocycles. The Kier molecular flexibility index (Phi) is 12.3. The predicted octanol–water partition coefficient (Wildman–Crippen LogP) is 2.24. The highest BCUT2D eigenvalue weighted by atomic mass is 32.1. The Hall–Kier alpha value is -1.49. The standard InChI is InChI=1S/C8H10O2S.C3H6O2/c1-3-4-5-6-7(2)8(9)10-11;1-3(4)5-2/h3-6,11H,2H2,1H3;1-2H3/b4-3-,6-5-;. The van der Waals surface area contributed by atoms with Gasteiger partial charge in [0.1, 0.15) is 0 Å². The Morgan fingerprint density at radius 1 is 1.31 bits per heavy atom. The number of esters is 1. The molecule has 0 saturated heterocycles. The van der Waals surface area contributed by atoms with E-state index in [9.17, 15) is 9.59 Å². The van der Waals surface area contributed by atoms with Gasteiger partial charge in [0, 0.05) is 19.8 Å². The Balaban J connectivity index is 0. The summed E-state index contributed by atoms with van der Waals surface area (Å²) in [5.41, 5.74) is 0.276. The van der Waals surface area contributed by atoms with Crippen LogP contribution >= 0.6 is 12.9 Å². The van der Waals surface area contributed by atoms with Gasteiger partial charge in [-0.2, -0.15) is 0 Å². The first-order chi connectivity index (χ1) is 7.49. The number of rotatable bonds is 3. The second-order valence-corrected chi connectivity index (χ2v) is 2.67. The molecule has 0 aliphatic carbocycles. The molecular formula is C11H16O4S. The highest BCUT2D eigenvalue weighted by molar-refractivity contribution is 7.75. The van der Waals surface area contributed by atoms with E-state index < -0.39 is 5.97 Å². The normalized spacial score (nSPS) is 9.50. The van der Waals surface area contributed by atoms with E-state index in [-0.39, 0.29) is 11.5 Å². The second-order valence-electron chi connectivity index (χ2n) is 2.48. The number of carbonyl (C=O) groups excluding carboxylic acids is 2. The summed E-state index contributed by atoms with van der Waals surface area (Å²) >= 11 is 3.34. The van der Waals surface area contributed by atoms with E-state index in [2.05, 4.69) is 28.4 Å². The molecule has 0 atom stereocenters. The van der Waals surface area contributed by atoms with Crippen molar-refractivity contribution in [3.05, 3.63) is 36.5 Å². The third kappa shape index (κ3) is 12.5. The fourth-order valence-corrected chi connectivity index (χ4v) is 0.527. The van der Waals surface area contributed by atoms with Crippen molar-refractivity contribution in [2.45, 2.75) is 13.8 Å². The summed E-state index contributed by atoms with van der Waals surface area (Å²) in [5.74, 6) is -0.779. The van der Waals surface area contributed by atoms with Crippen molar-refractivity contribution in [3.63, 3.8) is 0 Å². The SMILES string of the molecule is C=C(/C=C\C=C/C)C(=O)OS.COC(C)=O. The second kappa shape index (κ2) is 11.6. The summed E-state index contributed by atoms with van der Waals surface area (Å²) in [7, 11) is 1.35. The summed E-state index contributed by atoms with van der Waals surface area (Å²) in [5, 5.41) is 0. The average Bonchev–Trinajstić information content (AvgIpc) is 2.28. The summed E-state index contributed by atoms with van der Waals surface area (Å²) in [4.78, 5) is 20.2. The predicted molar refractivity (Wildman–Crippen MR) is 65.9 cm³/mol. The summed E-state index contributed by atoms with van der Waals surface area (Å²) in [6, 6.07) is 0. The van der Waals surface area contributed by atoms with Gasteiger partial charge in [0.25, 0.3) is 0 Å². The van der Waals surface area contributed by atoms with E-state index in [0.717, 1.165) is 0 Å². The Morgan fingerprint density at radius 3 is 2.12 bits per heavy atom. The minimum absolute atomic E-state index is 0.245. The zero-order valence-corrected chi connectivity index (χ0v) is 10.5. The van der Waals surface area contributed by atoms with Crippen LogP contribution in [-0.4, -0.2) is 19.0 Å². The zero-order chi connectivity index (χ0) is 13.0. The largest absolute Gasteiger partial charge is 0.469 e. The first kappa shape index (κ1) is 16.9. The van der Waals surface area contributed by atoms with E-state index >= 15 is 0 Å². The smallest absolute Gasteiger partial charge is 0.349 e. The molecule has 0 saturated carbocycles. The topological polar surface area (TPSA) is 52.6 Å². The van der Waals surface area contributed by atoms with Crippen LogP contribution in [0.5, 0.6) is 0 Å². The quantitative estimate of drug-likeness (QED) is 0.272. The molecule has 0 aromatic rings. The Morgan fingerprint density at radius 2 is 1.81 bits per heavy atom. The van der Waals surface area contributed by atoms with Crippen LogP contribution in [0.25, 0.3) is 0 Å². The zero-order valence-electron chi connectivity index (χ0n) is 9.60. The van der Waals surface area contributed by atoms with Crippen molar-refractivity contribution in [1.29, 1.82) is 0 Å². The number of hydrogen-bond acceptors (Lipinski definition) is 5. The van der Waals surface area contributed by atoms with Gasteiger partial charge in [-0.05, 0) is 13.0 Å². The molecule has 5 heteroatoms. The third-order valence-electron chi connectivity index (χ3n) is 1.23. The fraction of sp³-hybridized carbons (Fsp3) is 0.273. The maximum atomic E-state index is 10.6. The van der Waals surface area contributed by atoms with Crippen LogP contribution < -0.4 is 0 Å². The minimum Gasteiger partial charge on any atom is -0.469 e. The maximum Gasteiger partial charge on any atom is 0.349 e. The van der Waals surface area contributed by atoms with Crippen molar-refractivity contribution in [2.24, 2.45) is 0 Å². The van der Waals surface area contributed by atoms with Crippen molar-refractivity contribution in [2.75, 3.05) is 7.11 Å². The lowest BCUT2D eigenvalue weighted by atomic mass is 10.3. The first-order valence-electron chi connectivity index (χ1n) is 4.38. The highest BCUT2D eigenvalue weighted by Crippen LogP contribution is 1.98. The van der Waals surface area contributed by atoms with Crippen LogP contribution in [0, 0.1) is 0 Å². The molecule has 4 nitrogen and oxygen atoms in total. The van der Waals surface area contributed by atoms with Crippen molar-refractivity contribution in [1.82, 2.24) is 0 Å².